The smallest absolute Gasteiger partial charge is 0.224 e. The highest BCUT2D eigenvalue weighted by atomic mass is 16.2. The molecule has 0 bridgehead atoms. The maximum atomic E-state index is 12.2. The molecule has 1 aliphatic rings. The van der Waals surface area contributed by atoms with Gasteiger partial charge in [0.25, 0.3) is 0 Å². The van der Waals surface area contributed by atoms with Gasteiger partial charge >= 0.3 is 0 Å². The summed E-state index contributed by atoms with van der Waals surface area (Å²) in [6.45, 7) is 6.34. The molecule has 2 rings (SSSR count). The highest BCUT2D eigenvalue weighted by Crippen LogP contribution is 2.09. The molecule has 2 amide bonds. The van der Waals surface area contributed by atoms with Crippen molar-refractivity contribution in [2.75, 3.05) is 32.7 Å². The van der Waals surface area contributed by atoms with Crippen LogP contribution in [0.4, 0.5) is 0 Å². The molecule has 0 aromatic heterocycles. The maximum Gasteiger partial charge on any atom is 0.224 e. The second-order valence-electron chi connectivity index (χ2n) is 5.73. The number of hydrogen-bond acceptors (Lipinski definition) is 3. The molecule has 0 atom stereocenters. The highest BCUT2D eigenvalue weighted by Gasteiger charge is 2.18. The lowest BCUT2D eigenvalue weighted by Gasteiger charge is -2.22. The second kappa shape index (κ2) is 8.54. The largest absolute Gasteiger partial charge is 0.356 e. The predicted octanol–water partition coefficient (Wildman–Crippen LogP) is 1.25. The molecule has 0 unspecified atom stereocenters. The van der Waals surface area contributed by atoms with Crippen LogP contribution in [0, 0.1) is 0 Å². The third kappa shape index (κ3) is 5.48. The van der Waals surface area contributed by atoms with Crippen molar-refractivity contribution >= 4 is 11.8 Å². The van der Waals surface area contributed by atoms with E-state index in [0.29, 0.717) is 13.0 Å². The molecule has 0 spiro atoms. The number of benzene rings is 1. The van der Waals surface area contributed by atoms with Gasteiger partial charge < -0.3 is 10.2 Å². The summed E-state index contributed by atoms with van der Waals surface area (Å²) < 4.78 is 0. The SMILES string of the molecule is CC(=O)NCCC(=O)N1CCCN(Cc2ccccc2)CC1. The minimum atomic E-state index is -0.0855. The Hall–Kier alpha value is -1.88. The zero-order chi connectivity index (χ0) is 15.8. The van der Waals surface area contributed by atoms with E-state index in [1.54, 1.807) is 0 Å². The van der Waals surface area contributed by atoms with Gasteiger partial charge in [-0.1, -0.05) is 30.3 Å². The normalized spacial score (nSPS) is 16.1. The van der Waals surface area contributed by atoms with Crippen LogP contribution in [0.15, 0.2) is 30.3 Å². The fourth-order valence-electron chi connectivity index (χ4n) is 2.72. The van der Waals surface area contributed by atoms with Crippen LogP contribution < -0.4 is 5.32 Å². The number of amides is 2. The van der Waals surface area contributed by atoms with Crippen LogP contribution in [0.3, 0.4) is 0 Å². The minimum Gasteiger partial charge on any atom is -0.356 e. The lowest BCUT2D eigenvalue weighted by Crippen LogP contribution is -2.37. The van der Waals surface area contributed by atoms with Crippen molar-refractivity contribution in [1.29, 1.82) is 0 Å². The Labute approximate surface area is 132 Å². The lowest BCUT2D eigenvalue weighted by atomic mass is 10.2. The van der Waals surface area contributed by atoms with Gasteiger partial charge in [-0.15, -0.1) is 0 Å². The third-order valence-corrected chi connectivity index (χ3v) is 3.90. The molecule has 1 aromatic rings. The van der Waals surface area contributed by atoms with E-state index in [2.05, 4.69) is 34.5 Å². The quantitative estimate of drug-likeness (QED) is 0.890. The van der Waals surface area contributed by atoms with Gasteiger partial charge in [-0.3, -0.25) is 14.5 Å². The summed E-state index contributed by atoms with van der Waals surface area (Å²) in [5.74, 6) is 0.0491. The molecule has 0 saturated carbocycles. The zero-order valence-electron chi connectivity index (χ0n) is 13.3. The van der Waals surface area contributed by atoms with Crippen LogP contribution in [-0.4, -0.2) is 54.3 Å². The summed E-state index contributed by atoms with van der Waals surface area (Å²) in [7, 11) is 0. The van der Waals surface area contributed by atoms with E-state index >= 15 is 0 Å². The molecule has 1 saturated heterocycles. The molecule has 1 fully saturated rings. The zero-order valence-corrected chi connectivity index (χ0v) is 13.3. The van der Waals surface area contributed by atoms with E-state index in [9.17, 15) is 9.59 Å². The Morgan fingerprint density at radius 3 is 2.59 bits per heavy atom. The van der Waals surface area contributed by atoms with Gasteiger partial charge in [-0.2, -0.15) is 0 Å². The molecule has 5 heteroatoms. The Morgan fingerprint density at radius 2 is 1.86 bits per heavy atom. The molecule has 1 aliphatic heterocycles. The van der Waals surface area contributed by atoms with Crippen LogP contribution in [0.2, 0.25) is 0 Å². The topological polar surface area (TPSA) is 52.7 Å². The fourth-order valence-corrected chi connectivity index (χ4v) is 2.72. The number of carbonyl (C=O) groups is 2. The van der Waals surface area contributed by atoms with E-state index in [0.717, 1.165) is 39.1 Å². The lowest BCUT2D eigenvalue weighted by molar-refractivity contribution is -0.131. The van der Waals surface area contributed by atoms with E-state index in [4.69, 9.17) is 0 Å². The molecule has 1 N–H and O–H groups in total. The van der Waals surface area contributed by atoms with Crippen molar-refractivity contribution in [3.63, 3.8) is 0 Å². The molecule has 1 aromatic carbocycles. The van der Waals surface area contributed by atoms with Crippen LogP contribution in [0.1, 0.15) is 25.3 Å². The van der Waals surface area contributed by atoms with E-state index in [1.165, 1.54) is 12.5 Å². The number of nitrogens with zero attached hydrogens (tertiary/aromatic N) is 2. The first-order valence-electron chi connectivity index (χ1n) is 7.93. The summed E-state index contributed by atoms with van der Waals surface area (Å²) in [5.41, 5.74) is 1.31. The van der Waals surface area contributed by atoms with Gasteiger partial charge in [-0.25, -0.2) is 0 Å². The first kappa shape index (κ1) is 16.5. The summed E-state index contributed by atoms with van der Waals surface area (Å²) in [6.07, 6.45) is 1.39. The molecule has 22 heavy (non-hydrogen) atoms. The third-order valence-electron chi connectivity index (χ3n) is 3.90. The summed E-state index contributed by atoms with van der Waals surface area (Å²) in [5, 5.41) is 2.68. The minimum absolute atomic E-state index is 0.0855. The van der Waals surface area contributed by atoms with Crippen LogP contribution in [0.5, 0.6) is 0 Å². The van der Waals surface area contributed by atoms with Crippen LogP contribution in [-0.2, 0) is 16.1 Å². The average molecular weight is 303 g/mol. The molecule has 1 heterocycles. The number of rotatable bonds is 5. The molecule has 0 radical (unpaired) electrons. The second-order valence-corrected chi connectivity index (χ2v) is 5.73. The number of carbonyl (C=O) groups excluding carboxylic acids is 2. The van der Waals surface area contributed by atoms with Crippen molar-refractivity contribution in [2.24, 2.45) is 0 Å². The Morgan fingerprint density at radius 1 is 1.09 bits per heavy atom. The van der Waals surface area contributed by atoms with Crippen LogP contribution >= 0.6 is 0 Å². The van der Waals surface area contributed by atoms with Gasteiger partial charge in [0.2, 0.25) is 11.8 Å². The molecule has 120 valence electrons. The fraction of sp³-hybridized carbons (Fsp3) is 0.529. The predicted molar refractivity (Wildman–Crippen MR) is 86.2 cm³/mol. The molecular formula is C17H25N3O2. The van der Waals surface area contributed by atoms with Crippen molar-refractivity contribution < 1.29 is 9.59 Å². The summed E-state index contributed by atoms with van der Waals surface area (Å²) in [4.78, 5) is 27.3. The molecular weight excluding hydrogens is 278 g/mol. The highest BCUT2D eigenvalue weighted by molar-refractivity contribution is 5.78. The number of hydrogen-bond donors (Lipinski definition) is 1. The standard InChI is InChI=1S/C17H25N3O2/c1-15(21)18-9-8-17(22)20-11-5-10-19(12-13-20)14-16-6-3-2-4-7-16/h2-4,6-7H,5,8-14H2,1H3,(H,18,21). The van der Waals surface area contributed by atoms with E-state index in [-0.39, 0.29) is 11.8 Å². The van der Waals surface area contributed by atoms with Gasteiger partial charge in [0, 0.05) is 52.6 Å². The van der Waals surface area contributed by atoms with Gasteiger partial charge in [0.15, 0.2) is 0 Å². The maximum absolute atomic E-state index is 12.2. The van der Waals surface area contributed by atoms with Crippen LogP contribution in [0.25, 0.3) is 0 Å². The van der Waals surface area contributed by atoms with Crippen molar-refractivity contribution in [3.05, 3.63) is 35.9 Å². The van der Waals surface area contributed by atoms with Crippen molar-refractivity contribution in [3.8, 4) is 0 Å². The summed E-state index contributed by atoms with van der Waals surface area (Å²) in [6, 6.07) is 10.4. The van der Waals surface area contributed by atoms with Crippen molar-refractivity contribution in [2.45, 2.75) is 26.3 Å². The first-order valence-corrected chi connectivity index (χ1v) is 7.93. The summed E-state index contributed by atoms with van der Waals surface area (Å²) >= 11 is 0. The van der Waals surface area contributed by atoms with Crippen molar-refractivity contribution in [1.82, 2.24) is 15.1 Å². The Kier molecular flexibility index (Phi) is 6.40. The van der Waals surface area contributed by atoms with Gasteiger partial charge in [0.05, 0.1) is 0 Å². The molecule has 5 nitrogen and oxygen atoms in total. The monoisotopic (exact) mass is 303 g/mol. The Balaban J connectivity index is 1.77. The molecule has 0 aliphatic carbocycles. The number of nitrogens with one attached hydrogen (secondary N) is 1. The average Bonchev–Trinajstić information content (AvgIpc) is 2.73. The van der Waals surface area contributed by atoms with E-state index < -0.39 is 0 Å². The van der Waals surface area contributed by atoms with Gasteiger partial charge in [-0.05, 0) is 12.0 Å². The Bertz CT molecular complexity index is 490. The van der Waals surface area contributed by atoms with Gasteiger partial charge in [0.1, 0.15) is 0 Å². The first-order chi connectivity index (χ1) is 10.6. The van der Waals surface area contributed by atoms with E-state index in [1.807, 2.05) is 11.0 Å².